The molecule has 150 valence electrons. The van der Waals surface area contributed by atoms with Crippen molar-refractivity contribution in [2.24, 2.45) is 4.99 Å². The largest absolute Gasteiger partial charge is 0.497 e. The monoisotopic (exact) mass is 382 g/mol. The third-order valence-corrected chi connectivity index (χ3v) is 5.09. The van der Waals surface area contributed by atoms with E-state index in [0.717, 1.165) is 55.6 Å². The summed E-state index contributed by atoms with van der Waals surface area (Å²) >= 11 is 0. The Hall–Kier alpha value is -2.73. The molecule has 0 saturated carbocycles. The standard InChI is InChI=1S/C22H30N4O2/c1-23-22(25-15-18-8-9-20(27-2)14-21(18)28-3)24-11-13-26-12-10-17-6-4-5-7-19(17)16-26/h4-9,14H,10-13,15-16H2,1-3H3,(H2,23,24,25). The number of aliphatic imine (C=N–C) groups is 1. The molecule has 0 spiro atoms. The van der Waals surface area contributed by atoms with Gasteiger partial charge in [-0.15, -0.1) is 0 Å². The van der Waals surface area contributed by atoms with Gasteiger partial charge >= 0.3 is 0 Å². The van der Waals surface area contributed by atoms with Crippen LogP contribution >= 0.6 is 0 Å². The van der Waals surface area contributed by atoms with Crippen LogP contribution in [-0.4, -0.2) is 51.8 Å². The van der Waals surface area contributed by atoms with Crippen LogP contribution < -0.4 is 20.1 Å². The molecule has 2 N–H and O–H groups in total. The van der Waals surface area contributed by atoms with Gasteiger partial charge in [-0.3, -0.25) is 9.89 Å². The number of guanidine groups is 1. The molecule has 0 radical (unpaired) electrons. The maximum atomic E-state index is 5.46. The number of rotatable bonds is 7. The first-order valence-corrected chi connectivity index (χ1v) is 9.68. The van der Waals surface area contributed by atoms with E-state index in [9.17, 15) is 0 Å². The summed E-state index contributed by atoms with van der Waals surface area (Å²) in [7, 11) is 5.11. The van der Waals surface area contributed by atoms with E-state index in [0.29, 0.717) is 6.54 Å². The Balaban J connectivity index is 1.45. The number of fused-ring (bicyclic) bond motifs is 1. The minimum Gasteiger partial charge on any atom is -0.497 e. The summed E-state index contributed by atoms with van der Waals surface area (Å²) in [5, 5.41) is 6.75. The molecule has 3 rings (SSSR count). The van der Waals surface area contributed by atoms with Gasteiger partial charge in [0.05, 0.1) is 14.2 Å². The summed E-state index contributed by atoms with van der Waals surface area (Å²) in [6.07, 6.45) is 1.13. The summed E-state index contributed by atoms with van der Waals surface area (Å²) < 4.78 is 10.7. The first-order valence-electron chi connectivity index (χ1n) is 9.68. The van der Waals surface area contributed by atoms with Crippen molar-refractivity contribution in [1.82, 2.24) is 15.5 Å². The SMILES string of the molecule is CN=C(NCCN1CCc2ccccc2C1)NCc1ccc(OC)cc1OC. The molecular weight excluding hydrogens is 352 g/mol. The van der Waals surface area contributed by atoms with Crippen LogP contribution in [0, 0.1) is 0 Å². The minimum absolute atomic E-state index is 0.629. The Morgan fingerprint density at radius 3 is 2.64 bits per heavy atom. The van der Waals surface area contributed by atoms with Gasteiger partial charge in [-0.05, 0) is 29.7 Å². The average molecular weight is 383 g/mol. The first kappa shape index (κ1) is 20.0. The number of benzene rings is 2. The molecule has 0 bridgehead atoms. The second-order valence-electron chi connectivity index (χ2n) is 6.83. The summed E-state index contributed by atoms with van der Waals surface area (Å²) in [4.78, 5) is 6.80. The molecule has 2 aromatic rings. The van der Waals surface area contributed by atoms with Gasteiger partial charge in [0.25, 0.3) is 0 Å². The zero-order valence-electron chi connectivity index (χ0n) is 17.0. The lowest BCUT2D eigenvalue weighted by Crippen LogP contribution is -2.42. The lowest BCUT2D eigenvalue weighted by atomic mass is 10.00. The average Bonchev–Trinajstić information content (AvgIpc) is 2.75. The fraction of sp³-hybridized carbons (Fsp3) is 0.409. The van der Waals surface area contributed by atoms with E-state index in [1.165, 1.54) is 11.1 Å². The summed E-state index contributed by atoms with van der Waals surface area (Å²) in [5.41, 5.74) is 3.99. The van der Waals surface area contributed by atoms with Gasteiger partial charge in [-0.1, -0.05) is 24.3 Å². The van der Waals surface area contributed by atoms with Crippen LogP contribution in [0.25, 0.3) is 0 Å². The molecule has 0 amide bonds. The molecule has 6 nitrogen and oxygen atoms in total. The van der Waals surface area contributed by atoms with Crippen LogP contribution in [0.5, 0.6) is 11.5 Å². The Morgan fingerprint density at radius 2 is 1.89 bits per heavy atom. The fourth-order valence-electron chi connectivity index (χ4n) is 3.47. The number of methoxy groups -OCH3 is 2. The van der Waals surface area contributed by atoms with Crippen molar-refractivity contribution in [1.29, 1.82) is 0 Å². The zero-order valence-corrected chi connectivity index (χ0v) is 17.0. The third kappa shape index (κ3) is 5.16. The lowest BCUT2D eigenvalue weighted by molar-refractivity contribution is 0.258. The van der Waals surface area contributed by atoms with Crippen LogP contribution in [0.2, 0.25) is 0 Å². The normalized spacial score (nSPS) is 14.3. The molecule has 0 unspecified atom stereocenters. The van der Waals surface area contributed by atoms with Crippen LogP contribution in [0.1, 0.15) is 16.7 Å². The maximum absolute atomic E-state index is 5.46. The number of nitrogens with zero attached hydrogens (tertiary/aromatic N) is 2. The van der Waals surface area contributed by atoms with Gasteiger partial charge in [0.15, 0.2) is 5.96 Å². The molecule has 0 fully saturated rings. The number of hydrogen-bond donors (Lipinski definition) is 2. The maximum Gasteiger partial charge on any atom is 0.191 e. The van der Waals surface area contributed by atoms with Gasteiger partial charge in [0.1, 0.15) is 11.5 Å². The highest BCUT2D eigenvalue weighted by Crippen LogP contribution is 2.24. The predicted octanol–water partition coefficient (Wildman–Crippen LogP) is 2.43. The molecule has 0 saturated heterocycles. The Kier molecular flexibility index (Phi) is 7.14. The minimum atomic E-state index is 0.629. The third-order valence-electron chi connectivity index (χ3n) is 5.09. The van der Waals surface area contributed by atoms with Gasteiger partial charge in [0.2, 0.25) is 0 Å². The Morgan fingerprint density at radius 1 is 1.07 bits per heavy atom. The summed E-state index contributed by atoms with van der Waals surface area (Å²) in [5.74, 6) is 2.37. The first-order chi connectivity index (χ1) is 13.7. The quantitative estimate of drug-likeness (QED) is 0.569. The highest BCUT2D eigenvalue weighted by atomic mass is 16.5. The van der Waals surface area contributed by atoms with Gasteiger partial charge in [-0.2, -0.15) is 0 Å². The van der Waals surface area contributed by atoms with Crippen molar-refractivity contribution in [2.45, 2.75) is 19.5 Å². The molecule has 0 atom stereocenters. The van der Waals surface area contributed by atoms with Crippen molar-refractivity contribution in [3.8, 4) is 11.5 Å². The van der Waals surface area contributed by atoms with Crippen molar-refractivity contribution in [3.05, 3.63) is 59.2 Å². The smallest absolute Gasteiger partial charge is 0.191 e. The second-order valence-corrected chi connectivity index (χ2v) is 6.83. The molecular formula is C22H30N4O2. The molecule has 1 aliphatic heterocycles. The Labute approximate surface area is 167 Å². The number of ether oxygens (including phenoxy) is 2. The number of hydrogen-bond acceptors (Lipinski definition) is 4. The highest BCUT2D eigenvalue weighted by molar-refractivity contribution is 5.79. The van der Waals surface area contributed by atoms with E-state index in [1.54, 1.807) is 21.3 Å². The van der Waals surface area contributed by atoms with Crippen LogP contribution in [0.4, 0.5) is 0 Å². The molecule has 0 aliphatic carbocycles. The van der Waals surface area contributed by atoms with E-state index in [2.05, 4.69) is 44.8 Å². The summed E-state index contributed by atoms with van der Waals surface area (Å²) in [6.45, 7) is 4.59. The van der Waals surface area contributed by atoms with E-state index in [4.69, 9.17) is 9.47 Å². The van der Waals surface area contributed by atoms with Crippen LogP contribution in [-0.2, 0) is 19.5 Å². The van der Waals surface area contributed by atoms with E-state index in [-0.39, 0.29) is 0 Å². The van der Waals surface area contributed by atoms with Crippen molar-refractivity contribution in [2.75, 3.05) is 40.9 Å². The second kappa shape index (κ2) is 9.99. The molecule has 6 heteroatoms. The summed E-state index contributed by atoms with van der Waals surface area (Å²) in [6, 6.07) is 14.6. The molecule has 0 aromatic heterocycles. The molecule has 28 heavy (non-hydrogen) atoms. The highest BCUT2D eigenvalue weighted by Gasteiger charge is 2.15. The Bertz CT molecular complexity index is 807. The zero-order chi connectivity index (χ0) is 19.8. The van der Waals surface area contributed by atoms with Crippen molar-refractivity contribution < 1.29 is 9.47 Å². The van der Waals surface area contributed by atoms with Gasteiger partial charge < -0.3 is 20.1 Å². The van der Waals surface area contributed by atoms with E-state index < -0.39 is 0 Å². The van der Waals surface area contributed by atoms with E-state index in [1.807, 2.05) is 18.2 Å². The molecule has 1 aliphatic rings. The van der Waals surface area contributed by atoms with Crippen molar-refractivity contribution in [3.63, 3.8) is 0 Å². The predicted molar refractivity (Wildman–Crippen MR) is 113 cm³/mol. The van der Waals surface area contributed by atoms with Crippen molar-refractivity contribution >= 4 is 5.96 Å². The topological polar surface area (TPSA) is 58.1 Å². The van der Waals surface area contributed by atoms with Crippen LogP contribution in [0.3, 0.4) is 0 Å². The fourth-order valence-corrected chi connectivity index (χ4v) is 3.47. The van der Waals surface area contributed by atoms with Gasteiger partial charge in [0, 0.05) is 51.4 Å². The van der Waals surface area contributed by atoms with E-state index >= 15 is 0 Å². The molecule has 2 aromatic carbocycles. The number of nitrogens with one attached hydrogen (secondary N) is 2. The lowest BCUT2D eigenvalue weighted by Gasteiger charge is -2.28. The molecule has 1 heterocycles. The van der Waals surface area contributed by atoms with Gasteiger partial charge in [-0.25, -0.2) is 0 Å². The van der Waals surface area contributed by atoms with Crippen LogP contribution in [0.15, 0.2) is 47.5 Å².